The number of ketones is 2. The molecule has 1 amide bonds. The van der Waals surface area contributed by atoms with Gasteiger partial charge in [-0.3, -0.25) is 14.4 Å². The summed E-state index contributed by atoms with van der Waals surface area (Å²) in [6.45, 7) is 3.61. The molecule has 6 nitrogen and oxygen atoms in total. The average molecular weight is 300 g/mol. The lowest BCUT2D eigenvalue weighted by Crippen LogP contribution is -2.29. The Labute approximate surface area is 127 Å². The van der Waals surface area contributed by atoms with Crippen molar-refractivity contribution in [2.24, 2.45) is 0 Å². The molecule has 2 N–H and O–H groups in total. The third kappa shape index (κ3) is 3.60. The number of nitrogens with one attached hydrogen (secondary N) is 2. The van der Waals surface area contributed by atoms with Gasteiger partial charge in [-0.15, -0.1) is 0 Å². The van der Waals surface area contributed by atoms with E-state index in [1.807, 2.05) is 13.0 Å². The van der Waals surface area contributed by atoms with Crippen LogP contribution in [0.5, 0.6) is 5.75 Å². The first-order chi connectivity index (χ1) is 10.5. The van der Waals surface area contributed by atoms with E-state index < -0.39 is 17.5 Å². The molecular weight excluding hydrogens is 284 g/mol. The van der Waals surface area contributed by atoms with Crippen LogP contribution in [0.2, 0.25) is 0 Å². The Kier molecular flexibility index (Phi) is 4.73. The molecule has 0 aromatic heterocycles. The molecule has 1 aliphatic rings. The molecule has 6 heteroatoms. The van der Waals surface area contributed by atoms with Crippen LogP contribution >= 0.6 is 0 Å². The molecule has 2 rings (SSSR count). The largest absolute Gasteiger partial charge is 0.492 e. The minimum absolute atomic E-state index is 0.0267. The predicted octanol–water partition coefficient (Wildman–Crippen LogP) is 1.55. The molecule has 0 spiro atoms. The highest BCUT2D eigenvalue weighted by Gasteiger charge is 2.21. The number of hydrogen-bond donors (Lipinski definition) is 2. The molecule has 0 radical (unpaired) electrons. The maximum absolute atomic E-state index is 12.1. The van der Waals surface area contributed by atoms with Crippen molar-refractivity contribution in [3.8, 4) is 5.75 Å². The molecule has 0 saturated carbocycles. The molecule has 0 saturated heterocycles. The standard InChI is InChI=1S/C16H16N2O4/c1-3-22-16-7-5-4-6-11(16)18-13-9-14(20)12(8-15(13)21)17-10(2)19/h4-9,18H,3H2,1-2H3,(H,17,19). The topological polar surface area (TPSA) is 84.5 Å². The van der Waals surface area contributed by atoms with Crippen molar-refractivity contribution in [3.05, 3.63) is 47.8 Å². The van der Waals surface area contributed by atoms with Crippen LogP contribution in [0.15, 0.2) is 47.8 Å². The molecule has 1 aromatic carbocycles. The van der Waals surface area contributed by atoms with E-state index in [1.54, 1.807) is 18.2 Å². The van der Waals surface area contributed by atoms with Gasteiger partial charge in [0.05, 0.1) is 23.7 Å². The summed E-state index contributed by atoms with van der Waals surface area (Å²) in [7, 11) is 0. The summed E-state index contributed by atoms with van der Waals surface area (Å²) >= 11 is 0. The van der Waals surface area contributed by atoms with Gasteiger partial charge in [0.15, 0.2) is 0 Å². The van der Waals surface area contributed by atoms with Gasteiger partial charge < -0.3 is 15.4 Å². The van der Waals surface area contributed by atoms with Gasteiger partial charge in [-0.05, 0) is 19.1 Å². The number of carbonyl (C=O) groups is 3. The van der Waals surface area contributed by atoms with E-state index in [0.717, 1.165) is 12.2 Å². The van der Waals surface area contributed by atoms with E-state index >= 15 is 0 Å². The minimum Gasteiger partial charge on any atom is -0.492 e. The second kappa shape index (κ2) is 6.71. The fraction of sp³-hybridized carbons (Fsp3) is 0.188. The van der Waals surface area contributed by atoms with Crippen LogP contribution < -0.4 is 15.4 Å². The zero-order valence-electron chi connectivity index (χ0n) is 12.3. The quantitative estimate of drug-likeness (QED) is 0.806. The molecular formula is C16H16N2O4. The van der Waals surface area contributed by atoms with Gasteiger partial charge in [0.1, 0.15) is 5.75 Å². The van der Waals surface area contributed by atoms with Crippen molar-refractivity contribution in [1.29, 1.82) is 0 Å². The summed E-state index contributed by atoms with van der Waals surface area (Å²) in [5.74, 6) is -0.650. The maximum Gasteiger partial charge on any atom is 0.221 e. The van der Waals surface area contributed by atoms with Gasteiger partial charge in [0, 0.05) is 19.1 Å². The van der Waals surface area contributed by atoms with Gasteiger partial charge in [-0.2, -0.15) is 0 Å². The highest BCUT2D eigenvalue weighted by molar-refractivity contribution is 6.21. The maximum atomic E-state index is 12.1. The van der Waals surface area contributed by atoms with E-state index in [2.05, 4.69) is 10.6 Å². The zero-order valence-corrected chi connectivity index (χ0v) is 12.3. The number of anilines is 1. The number of carbonyl (C=O) groups excluding carboxylic acids is 3. The Morgan fingerprint density at radius 3 is 2.41 bits per heavy atom. The summed E-state index contributed by atoms with van der Waals surface area (Å²) in [6, 6.07) is 7.11. The summed E-state index contributed by atoms with van der Waals surface area (Å²) < 4.78 is 5.46. The van der Waals surface area contributed by atoms with E-state index in [0.29, 0.717) is 18.0 Å². The first-order valence-corrected chi connectivity index (χ1v) is 6.79. The van der Waals surface area contributed by atoms with Gasteiger partial charge in [-0.25, -0.2) is 0 Å². The third-order valence-corrected chi connectivity index (χ3v) is 2.85. The first-order valence-electron chi connectivity index (χ1n) is 6.79. The van der Waals surface area contributed by atoms with Crippen LogP contribution in [0.3, 0.4) is 0 Å². The summed E-state index contributed by atoms with van der Waals surface area (Å²) in [6.07, 6.45) is 2.27. The van der Waals surface area contributed by atoms with Crippen molar-refractivity contribution in [2.75, 3.05) is 11.9 Å². The summed E-state index contributed by atoms with van der Waals surface area (Å²) in [4.78, 5) is 34.9. The molecule has 0 bridgehead atoms. The molecule has 1 aliphatic carbocycles. The number of ether oxygens (including phenoxy) is 1. The molecule has 0 atom stereocenters. The third-order valence-electron chi connectivity index (χ3n) is 2.85. The highest BCUT2D eigenvalue weighted by Crippen LogP contribution is 2.26. The lowest BCUT2D eigenvalue weighted by Gasteiger charge is -2.16. The number of allylic oxidation sites excluding steroid dienone is 2. The Morgan fingerprint density at radius 2 is 1.73 bits per heavy atom. The fourth-order valence-electron chi connectivity index (χ4n) is 1.94. The van der Waals surface area contributed by atoms with E-state index in [1.165, 1.54) is 6.92 Å². The monoisotopic (exact) mass is 300 g/mol. The highest BCUT2D eigenvalue weighted by atomic mass is 16.5. The second-order valence-corrected chi connectivity index (χ2v) is 4.58. The lowest BCUT2D eigenvalue weighted by molar-refractivity contribution is -0.120. The van der Waals surface area contributed by atoms with Crippen LogP contribution in [-0.2, 0) is 14.4 Å². The van der Waals surface area contributed by atoms with Crippen LogP contribution in [-0.4, -0.2) is 24.1 Å². The Morgan fingerprint density at radius 1 is 1.09 bits per heavy atom. The number of amides is 1. The first kappa shape index (κ1) is 15.5. The zero-order chi connectivity index (χ0) is 16.1. The van der Waals surface area contributed by atoms with E-state index in [-0.39, 0.29) is 11.4 Å². The Hall–Kier alpha value is -2.89. The van der Waals surface area contributed by atoms with Crippen molar-refractivity contribution in [1.82, 2.24) is 5.32 Å². The SMILES string of the molecule is CCOc1ccccc1NC1=CC(=O)C(NC(C)=O)=CC1=O. The molecule has 0 fully saturated rings. The minimum atomic E-state index is -0.439. The number of para-hydroxylation sites is 2. The molecule has 1 aromatic rings. The average Bonchev–Trinajstić information content (AvgIpc) is 2.46. The lowest BCUT2D eigenvalue weighted by atomic mass is 10.1. The van der Waals surface area contributed by atoms with Gasteiger partial charge in [0.25, 0.3) is 0 Å². The van der Waals surface area contributed by atoms with E-state index in [9.17, 15) is 14.4 Å². The molecule has 0 aliphatic heterocycles. The predicted molar refractivity (Wildman–Crippen MR) is 81.2 cm³/mol. The normalized spacial score (nSPS) is 14.1. The second-order valence-electron chi connectivity index (χ2n) is 4.58. The van der Waals surface area contributed by atoms with Gasteiger partial charge in [-0.1, -0.05) is 12.1 Å². The molecule has 22 heavy (non-hydrogen) atoms. The van der Waals surface area contributed by atoms with Crippen LogP contribution in [0.25, 0.3) is 0 Å². The molecule has 0 unspecified atom stereocenters. The molecule has 0 heterocycles. The number of rotatable bonds is 5. The smallest absolute Gasteiger partial charge is 0.221 e. The van der Waals surface area contributed by atoms with Gasteiger partial charge in [0.2, 0.25) is 17.5 Å². The number of hydrogen-bond acceptors (Lipinski definition) is 5. The van der Waals surface area contributed by atoms with Crippen molar-refractivity contribution >= 4 is 23.2 Å². The summed E-state index contributed by atoms with van der Waals surface area (Å²) in [5.41, 5.74) is 0.695. The fourth-order valence-corrected chi connectivity index (χ4v) is 1.94. The van der Waals surface area contributed by atoms with Crippen molar-refractivity contribution in [3.63, 3.8) is 0 Å². The van der Waals surface area contributed by atoms with Crippen LogP contribution in [0.1, 0.15) is 13.8 Å². The van der Waals surface area contributed by atoms with Gasteiger partial charge >= 0.3 is 0 Å². The van der Waals surface area contributed by atoms with Crippen LogP contribution in [0.4, 0.5) is 5.69 Å². The van der Waals surface area contributed by atoms with Crippen molar-refractivity contribution in [2.45, 2.75) is 13.8 Å². The summed E-state index contributed by atoms with van der Waals surface area (Å²) in [5, 5.41) is 5.23. The Bertz CT molecular complexity index is 689. The van der Waals surface area contributed by atoms with Crippen molar-refractivity contribution < 1.29 is 19.1 Å². The van der Waals surface area contributed by atoms with Crippen LogP contribution in [0, 0.1) is 0 Å². The number of benzene rings is 1. The Balaban J connectivity index is 2.20. The molecule has 114 valence electrons. The van der Waals surface area contributed by atoms with E-state index in [4.69, 9.17) is 4.74 Å².